The number of thiophene rings is 1. The Morgan fingerprint density at radius 3 is 3.14 bits per heavy atom. The van der Waals surface area contributed by atoms with Crippen LogP contribution in [0.25, 0.3) is 0 Å². The molecule has 6 heteroatoms. The zero-order valence-electron chi connectivity index (χ0n) is 7.47. The van der Waals surface area contributed by atoms with Crippen molar-refractivity contribution in [3.63, 3.8) is 0 Å². The van der Waals surface area contributed by atoms with Gasteiger partial charge in [0, 0.05) is 0 Å². The lowest BCUT2D eigenvalue weighted by molar-refractivity contribution is 0.863. The number of hydrogen-bond acceptors (Lipinski definition) is 4. The molecule has 0 saturated heterocycles. The van der Waals surface area contributed by atoms with E-state index in [0.29, 0.717) is 4.77 Å². The van der Waals surface area contributed by atoms with E-state index < -0.39 is 0 Å². The zero-order valence-corrected chi connectivity index (χ0v) is 9.10. The molecule has 0 aromatic carbocycles. The summed E-state index contributed by atoms with van der Waals surface area (Å²) in [6, 6.07) is 2.06. The van der Waals surface area contributed by atoms with E-state index in [1.807, 2.05) is 12.3 Å². The fourth-order valence-corrected chi connectivity index (χ4v) is 1.88. The average molecular weight is 224 g/mol. The summed E-state index contributed by atoms with van der Waals surface area (Å²) in [5, 5.41) is 12.6. The third-order valence-electron chi connectivity index (χ3n) is 1.74. The van der Waals surface area contributed by atoms with Crippen molar-refractivity contribution in [1.29, 1.82) is 0 Å². The fraction of sp³-hybridized carbons (Fsp3) is 0.125. The van der Waals surface area contributed by atoms with Gasteiger partial charge < -0.3 is 0 Å². The summed E-state index contributed by atoms with van der Waals surface area (Å²) < 4.78 is 2.02. The van der Waals surface area contributed by atoms with Crippen molar-refractivity contribution in [2.75, 3.05) is 0 Å². The minimum absolute atomic E-state index is 0.496. The predicted molar refractivity (Wildman–Crippen MR) is 59.5 cm³/mol. The van der Waals surface area contributed by atoms with Crippen molar-refractivity contribution in [2.45, 2.75) is 6.92 Å². The summed E-state index contributed by atoms with van der Waals surface area (Å²) in [4.78, 5) is 1.13. The van der Waals surface area contributed by atoms with E-state index in [-0.39, 0.29) is 0 Å². The molecule has 4 nitrogen and oxygen atoms in total. The Labute approximate surface area is 89.9 Å². The molecular formula is C8H8N4S2. The maximum absolute atomic E-state index is 4.95. The summed E-state index contributed by atoms with van der Waals surface area (Å²) >= 11 is 6.60. The summed E-state index contributed by atoms with van der Waals surface area (Å²) in [6.45, 7) is 2.05. The smallest absolute Gasteiger partial charge is 0.216 e. The number of rotatable bonds is 2. The monoisotopic (exact) mass is 224 g/mol. The molecule has 2 aromatic heterocycles. The highest BCUT2D eigenvalue weighted by Gasteiger charge is 1.95. The second-order valence-electron chi connectivity index (χ2n) is 2.72. The topological polar surface area (TPSA) is 46.0 Å². The standard InChI is InChI=1S/C8H8N4S2/c1-6-2-3-14-7(6)4-10-12-5-9-11-8(12)13/h2-5H,1H3,(H,11,13). The van der Waals surface area contributed by atoms with Crippen molar-refractivity contribution in [2.24, 2.45) is 5.10 Å². The molecule has 0 amide bonds. The second kappa shape index (κ2) is 3.85. The SMILES string of the molecule is Cc1ccsc1C=Nn1cn[nH]c1=S. The first-order valence-electron chi connectivity index (χ1n) is 3.98. The van der Waals surface area contributed by atoms with E-state index >= 15 is 0 Å². The van der Waals surface area contributed by atoms with Gasteiger partial charge in [0.15, 0.2) is 0 Å². The lowest BCUT2D eigenvalue weighted by atomic mass is 10.3. The van der Waals surface area contributed by atoms with Crippen molar-refractivity contribution in [3.8, 4) is 0 Å². The molecule has 2 rings (SSSR count). The van der Waals surface area contributed by atoms with Gasteiger partial charge in [-0.25, -0.2) is 0 Å². The van der Waals surface area contributed by atoms with Crippen LogP contribution in [0.1, 0.15) is 10.4 Å². The van der Waals surface area contributed by atoms with Gasteiger partial charge >= 0.3 is 0 Å². The highest BCUT2D eigenvalue weighted by atomic mass is 32.1. The Morgan fingerprint density at radius 2 is 2.57 bits per heavy atom. The molecule has 14 heavy (non-hydrogen) atoms. The van der Waals surface area contributed by atoms with Gasteiger partial charge in [0.2, 0.25) is 4.77 Å². The van der Waals surface area contributed by atoms with Crippen LogP contribution in [0.3, 0.4) is 0 Å². The Kier molecular flexibility index (Phi) is 2.55. The van der Waals surface area contributed by atoms with Crippen LogP contribution in [0.4, 0.5) is 0 Å². The zero-order chi connectivity index (χ0) is 9.97. The van der Waals surface area contributed by atoms with Crippen molar-refractivity contribution in [3.05, 3.63) is 33.0 Å². The van der Waals surface area contributed by atoms with Crippen LogP contribution in [0.5, 0.6) is 0 Å². The van der Waals surface area contributed by atoms with E-state index in [0.717, 1.165) is 4.88 Å². The van der Waals surface area contributed by atoms with Crippen LogP contribution in [-0.2, 0) is 0 Å². The molecule has 0 saturated carbocycles. The number of nitrogens with one attached hydrogen (secondary N) is 1. The third kappa shape index (κ3) is 1.80. The summed E-state index contributed by atoms with van der Waals surface area (Å²) in [7, 11) is 0. The second-order valence-corrected chi connectivity index (χ2v) is 4.05. The molecule has 0 bridgehead atoms. The van der Waals surface area contributed by atoms with Crippen LogP contribution < -0.4 is 0 Å². The van der Waals surface area contributed by atoms with Crippen molar-refractivity contribution >= 4 is 29.8 Å². The molecular weight excluding hydrogens is 216 g/mol. The molecule has 0 atom stereocenters. The van der Waals surface area contributed by atoms with Gasteiger partial charge in [0.05, 0.1) is 11.1 Å². The molecule has 0 aliphatic heterocycles. The van der Waals surface area contributed by atoms with Crippen LogP contribution in [-0.4, -0.2) is 21.1 Å². The molecule has 0 aliphatic carbocycles. The van der Waals surface area contributed by atoms with Gasteiger partial charge in [-0.2, -0.15) is 14.9 Å². The highest BCUT2D eigenvalue weighted by Crippen LogP contribution is 2.12. The van der Waals surface area contributed by atoms with Gasteiger partial charge in [-0.1, -0.05) is 0 Å². The normalized spacial score (nSPS) is 11.2. The van der Waals surface area contributed by atoms with Crippen LogP contribution >= 0.6 is 23.6 Å². The average Bonchev–Trinajstić information content (AvgIpc) is 2.72. The Morgan fingerprint density at radius 1 is 1.71 bits per heavy atom. The molecule has 2 aromatic rings. The van der Waals surface area contributed by atoms with E-state index in [4.69, 9.17) is 12.2 Å². The van der Waals surface area contributed by atoms with Crippen LogP contribution in [0.15, 0.2) is 22.9 Å². The Hall–Kier alpha value is -1.27. The number of nitrogens with zero attached hydrogens (tertiary/aromatic N) is 3. The maximum Gasteiger partial charge on any atom is 0.216 e. The summed E-state index contributed by atoms with van der Waals surface area (Å²) in [5.41, 5.74) is 1.22. The number of aromatic nitrogens is 3. The molecule has 0 fully saturated rings. The minimum atomic E-state index is 0.496. The summed E-state index contributed by atoms with van der Waals surface area (Å²) in [6.07, 6.45) is 3.33. The maximum atomic E-state index is 4.95. The van der Waals surface area contributed by atoms with Gasteiger partial charge in [0.1, 0.15) is 6.33 Å². The Balaban J connectivity index is 2.28. The quantitative estimate of drug-likeness (QED) is 0.628. The molecule has 0 aliphatic rings. The first-order chi connectivity index (χ1) is 6.77. The van der Waals surface area contributed by atoms with E-state index in [1.165, 1.54) is 10.2 Å². The third-order valence-corrected chi connectivity index (χ3v) is 2.97. The molecule has 2 heterocycles. The van der Waals surface area contributed by atoms with Crippen LogP contribution in [0.2, 0.25) is 0 Å². The molecule has 0 unspecified atom stereocenters. The van der Waals surface area contributed by atoms with Gasteiger partial charge in [0.25, 0.3) is 0 Å². The number of H-pyrrole nitrogens is 1. The van der Waals surface area contributed by atoms with Gasteiger partial charge in [-0.3, -0.25) is 5.10 Å². The summed E-state index contributed by atoms with van der Waals surface area (Å²) in [5.74, 6) is 0. The van der Waals surface area contributed by atoms with E-state index in [1.54, 1.807) is 23.9 Å². The number of hydrogen-bond donors (Lipinski definition) is 1. The van der Waals surface area contributed by atoms with Gasteiger partial charge in [-0.15, -0.1) is 11.3 Å². The minimum Gasteiger partial charge on any atom is -0.250 e. The van der Waals surface area contributed by atoms with Crippen molar-refractivity contribution < 1.29 is 0 Å². The highest BCUT2D eigenvalue weighted by molar-refractivity contribution is 7.71. The predicted octanol–water partition coefficient (Wildman–Crippen LogP) is 2.19. The molecule has 0 spiro atoms. The first-order valence-corrected chi connectivity index (χ1v) is 5.26. The number of aryl methyl sites for hydroxylation is 1. The van der Waals surface area contributed by atoms with Crippen LogP contribution in [0, 0.1) is 11.7 Å². The van der Waals surface area contributed by atoms with E-state index in [9.17, 15) is 0 Å². The first kappa shape index (κ1) is 9.29. The fourth-order valence-electron chi connectivity index (χ4n) is 0.956. The molecule has 1 N–H and O–H groups in total. The largest absolute Gasteiger partial charge is 0.250 e. The van der Waals surface area contributed by atoms with Crippen molar-refractivity contribution in [1.82, 2.24) is 14.9 Å². The Bertz CT molecular complexity index is 505. The molecule has 72 valence electrons. The lowest BCUT2D eigenvalue weighted by Crippen LogP contribution is -1.88. The number of aromatic amines is 1. The van der Waals surface area contributed by atoms with Gasteiger partial charge in [-0.05, 0) is 36.2 Å². The lowest BCUT2D eigenvalue weighted by Gasteiger charge is -1.90. The molecule has 0 radical (unpaired) electrons. The van der Waals surface area contributed by atoms with E-state index in [2.05, 4.69) is 21.4 Å².